The Morgan fingerprint density at radius 2 is 1.67 bits per heavy atom. The van der Waals surface area contributed by atoms with Gasteiger partial charge in [-0.05, 0) is 27.7 Å². The molecule has 0 unspecified atom stereocenters. The molecule has 0 aromatic heterocycles. The Balaban J connectivity index is 1.68. The predicted octanol–water partition coefficient (Wildman–Crippen LogP) is 1.35. The van der Waals surface area contributed by atoms with Crippen molar-refractivity contribution >= 4 is 0 Å². The second-order valence-electron chi connectivity index (χ2n) is 5.88. The number of alkyl halides is 1. The van der Waals surface area contributed by atoms with Crippen LogP contribution in [0.15, 0.2) is 0 Å². The maximum Gasteiger partial charge on any atom is 0.190 e. The monoisotopic (exact) mass is 262 g/mol. The van der Waals surface area contributed by atoms with Crippen molar-refractivity contribution in [2.75, 3.05) is 6.61 Å². The molecule has 3 rings (SSSR count). The molecule has 3 fully saturated rings. The van der Waals surface area contributed by atoms with E-state index in [1.807, 2.05) is 0 Å². The maximum atomic E-state index is 14.3. The van der Waals surface area contributed by atoms with Gasteiger partial charge in [0.1, 0.15) is 18.3 Å². The molecule has 18 heavy (non-hydrogen) atoms. The molecule has 5 nitrogen and oxygen atoms in total. The zero-order valence-corrected chi connectivity index (χ0v) is 11.0. The molecule has 0 aliphatic carbocycles. The summed E-state index contributed by atoms with van der Waals surface area (Å²) < 4.78 is 42.0. The van der Waals surface area contributed by atoms with E-state index >= 15 is 0 Å². The first-order chi connectivity index (χ1) is 8.27. The fraction of sp³-hybridized carbons (Fsp3) is 1.00. The van der Waals surface area contributed by atoms with E-state index in [1.165, 1.54) is 0 Å². The molecule has 3 aliphatic rings. The molecule has 0 aromatic carbocycles. The van der Waals surface area contributed by atoms with Crippen LogP contribution in [0.25, 0.3) is 0 Å². The highest BCUT2D eigenvalue weighted by atomic mass is 19.1. The van der Waals surface area contributed by atoms with Gasteiger partial charge in [0.25, 0.3) is 0 Å². The first kappa shape index (κ1) is 12.7. The summed E-state index contributed by atoms with van der Waals surface area (Å²) in [5, 5.41) is 0. The molecule has 0 bridgehead atoms. The maximum absolute atomic E-state index is 14.3. The molecule has 0 amide bonds. The lowest BCUT2D eigenvalue weighted by Crippen LogP contribution is -2.40. The van der Waals surface area contributed by atoms with Crippen LogP contribution >= 0.6 is 0 Å². The lowest BCUT2D eigenvalue weighted by Gasteiger charge is -2.25. The molecule has 0 radical (unpaired) electrons. The Morgan fingerprint density at radius 1 is 0.944 bits per heavy atom. The van der Waals surface area contributed by atoms with E-state index in [1.54, 1.807) is 27.7 Å². The first-order valence-corrected chi connectivity index (χ1v) is 6.24. The van der Waals surface area contributed by atoms with Crippen molar-refractivity contribution in [2.45, 2.75) is 70.0 Å². The molecule has 0 spiro atoms. The number of fused-ring (bicyclic) bond motifs is 1. The predicted molar refractivity (Wildman–Crippen MR) is 58.5 cm³/mol. The minimum atomic E-state index is -1.26. The number of hydrogen-bond donors (Lipinski definition) is 0. The van der Waals surface area contributed by atoms with Crippen molar-refractivity contribution in [3.05, 3.63) is 0 Å². The summed E-state index contributed by atoms with van der Waals surface area (Å²) in [6.07, 6.45) is -3.72. The molecule has 6 heteroatoms. The zero-order valence-electron chi connectivity index (χ0n) is 11.0. The van der Waals surface area contributed by atoms with Gasteiger partial charge in [0.2, 0.25) is 0 Å². The molecule has 0 saturated carbocycles. The van der Waals surface area contributed by atoms with E-state index in [0.717, 1.165) is 0 Å². The third kappa shape index (κ3) is 2.06. The van der Waals surface area contributed by atoms with Crippen LogP contribution in [0.5, 0.6) is 0 Å². The number of halogens is 1. The second-order valence-corrected chi connectivity index (χ2v) is 5.88. The van der Waals surface area contributed by atoms with Gasteiger partial charge >= 0.3 is 0 Å². The van der Waals surface area contributed by atoms with Crippen molar-refractivity contribution in [3.8, 4) is 0 Å². The van der Waals surface area contributed by atoms with Gasteiger partial charge in [0.05, 0.1) is 6.61 Å². The van der Waals surface area contributed by atoms with Crippen LogP contribution in [-0.4, -0.2) is 49.0 Å². The third-order valence-corrected chi connectivity index (χ3v) is 3.40. The zero-order chi connectivity index (χ0) is 13.1. The van der Waals surface area contributed by atoms with Crippen LogP contribution in [-0.2, 0) is 23.7 Å². The van der Waals surface area contributed by atoms with Crippen molar-refractivity contribution in [1.82, 2.24) is 0 Å². The van der Waals surface area contributed by atoms with Crippen LogP contribution in [0.4, 0.5) is 4.39 Å². The Labute approximate surface area is 105 Å². The SMILES string of the molecule is CC1(C)O[C@H]2O[C@@H]([C@@H]3COC(C)(C)O3)[C@H](F)[C@H]2O1. The highest BCUT2D eigenvalue weighted by Gasteiger charge is 2.58. The van der Waals surface area contributed by atoms with Crippen molar-refractivity contribution in [1.29, 1.82) is 0 Å². The number of rotatable bonds is 1. The molecular weight excluding hydrogens is 243 g/mol. The average Bonchev–Trinajstić information content (AvgIpc) is 2.81. The van der Waals surface area contributed by atoms with Gasteiger partial charge in [-0.25, -0.2) is 4.39 Å². The van der Waals surface area contributed by atoms with Crippen LogP contribution in [0.3, 0.4) is 0 Å². The summed E-state index contributed by atoms with van der Waals surface area (Å²) in [4.78, 5) is 0. The van der Waals surface area contributed by atoms with E-state index in [9.17, 15) is 4.39 Å². The van der Waals surface area contributed by atoms with Crippen LogP contribution < -0.4 is 0 Å². The third-order valence-electron chi connectivity index (χ3n) is 3.40. The number of ether oxygens (including phenoxy) is 5. The Hall–Kier alpha value is -0.270. The lowest BCUT2D eigenvalue weighted by atomic mass is 10.1. The minimum Gasteiger partial charge on any atom is -0.348 e. The van der Waals surface area contributed by atoms with E-state index in [4.69, 9.17) is 23.7 Å². The van der Waals surface area contributed by atoms with Crippen LogP contribution in [0.1, 0.15) is 27.7 Å². The fourth-order valence-corrected chi connectivity index (χ4v) is 2.67. The summed E-state index contributed by atoms with van der Waals surface area (Å²) in [5.41, 5.74) is 0. The van der Waals surface area contributed by atoms with Crippen molar-refractivity contribution < 1.29 is 28.1 Å². The van der Waals surface area contributed by atoms with Crippen molar-refractivity contribution in [3.63, 3.8) is 0 Å². The molecule has 3 saturated heterocycles. The van der Waals surface area contributed by atoms with Crippen molar-refractivity contribution in [2.24, 2.45) is 0 Å². The summed E-state index contributed by atoms with van der Waals surface area (Å²) in [7, 11) is 0. The Kier molecular flexibility index (Phi) is 2.74. The number of hydrogen-bond acceptors (Lipinski definition) is 5. The molecule has 3 heterocycles. The van der Waals surface area contributed by atoms with Gasteiger partial charge in [-0.15, -0.1) is 0 Å². The first-order valence-electron chi connectivity index (χ1n) is 6.24. The second kappa shape index (κ2) is 3.86. The van der Waals surface area contributed by atoms with E-state index < -0.39 is 42.3 Å². The Morgan fingerprint density at radius 3 is 2.22 bits per heavy atom. The van der Waals surface area contributed by atoms with E-state index in [0.29, 0.717) is 6.61 Å². The lowest BCUT2D eigenvalue weighted by molar-refractivity contribution is -0.227. The highest BCUT2D eigenvalue weighted by Crippen LogP contribution is 2.41. The summed E-state index contributed by atoms with van der Waals surface area (Å²) in [5.74, 6) is -1.48. The average molecular weight is 262 g/mol. The van der Waals surface area contributed by atoms with Gasteiger partial charge in [-0.2, -0.15) is 0 Å². The van der Waals surface area contributed by atoms with Crippen LogP contribution in [0.2, 0.25) is 0 Å². The molecule has 0 aromatic rings. The summed E-state index contributed by atoms with van der Waals surface area (Å²) in [6.45, 7) is 7.41. The molecule has 0 N–H and O–H groups in total. The topological polar surface area (TPSA) is 46.2 Å². The van der Waals surface area contributed by atoms with Gasteiger partial charge < -0.3 is 23.7 Å². The minimum absolute atomic E-state index is 0.320. The highest BCUT2D eigenvalue weighted by molar-refractivity contribution is 4.97. The molecular formula is C12H19FO5. The molecule has 104 valence electrons. The summed E-state index contributed by atoms with van der Waals surface area (Å²) in [6, 6.07) is 0. The van der Waals surface area contributed by atoms with E-state index in [-0.39, 0.29) is 0 Å². The normalized spacial score (nSPS) is 49.5. The molecule has 3 aliphatic heterocycles. The fourth-order valence-electron chi connectivity index (χ4n) is 2.67. The Bertz CT molecular complexity index is 345. The van der Waals surface area contributed by atoms with Crippen LogP contribution in [0, 0.1) is 0 Å². The van der Waals surface area contributed by atoms with Gasteiger partial charge in [-0.3, -0.25) is 0 Å². The van der Waals surface area contributed by atoms with Gasteiger partial charge in [0.15, 0.2) is 24.0 Å². The quantitative estimate of drug-likeness (QED) is 0.714. The standard InChI is InChI=1S/C12H19FO5/c1-11(2)14-5-6(16-11)8-7(13)9-10(15-8)18-12(3,4)17-9/h6-10H,5H2,1-4H3/t6-,7-,8-,9+,10+/m0/s1. The largest absolute Gasteiger partial charge is 0.348 e. The van der Waals surface area contributed by atoms with E-state index in [2.05, 4.69) is 0 Å². The van der Waals surface area contributed by atoms with Gasteiger partial charge in [-0.1, -0.05) is 0 Å². The molecule has 5 atom stereocenters. The van der Waals surface area contributed by atoms with Gasteiger partial charge in [0, 0.05) is 0 Å². The summed E-state index contributed by atoms with van der Waals surface area (Å²) >= 11 is 0. The smallest absolute Gasteiger partial charge is 0.190 e.